The third kappa shape index (κ3) is 4.35. The molecule has 19 heavy (non-hydrogen) atoms. The fraction of sp³-hybridized carbons (Fsp3) is 0.846. The largest absolute Gasteiger partial charge is 0.336 e. The summed E-state index contributed by atoms with van der Waals surface area (Å²) in [5.74, 6) is 0.239. The van der Waals surface area contributed by atoms with Crippen LogP contribution >= 0.6 is 12.4 Å². The zero-order valence-electron chi connectivity index (χ0n) is 11.6. The van der Waals surface area contributed by atoms with Crippen LogP contribution in [0.3, 0.4) is 0 Å². The highest BCUT2D eigenvalue weighted by Crippen LogP contribution is 2.12. The van der Waals surface area contributed by atoms with Gasteiger partial charge in [-0.2, -0.15) is 0 Å². The Morgan fingerprint density at radius 2 is 2.11 bits per heavy atom. The second-order valence-electron chi connectivity index (χ2n) is 5.27. The summed E-state index contributed by atoms with van der Waals surface area (Å²) < 4.78 is 0. The van der Waals surface area contributed by atoms with Crippen LogP contribution in [0.5, 0.6) is 0 Å². The van der Waals surface area contributed by atoms with Crippen molar-refractivity contribution in [1.82, 2.24) is 15.1 Å². The van der Waals surface area contributed by atoms with Crippen molar-refractivity contribution in [3.05, 3.63) is 0 Å². The lowest BCUT2D eigenvalue weighted by Crippen LogP contribution is -2.55. The quantitative estimate of drug-likeness (QED) is 0.811. The summed E-state index contributed by atoms with van der Waals surface area (Å²) in [6, 6.07) is 0.230. The van der Waals surface area contributed by atoms with E-state index in [1.807, 2.05) is 11.8 Å². The molecule has 0 aromatic carbocycles. The van der Waals surface area contributed by atoms with E-state index in [0.717, 1.165) is 45.4 Å². The predicted molar refractivity (Wildman–Crippen MR) is 76.3 cm³/mol. The maximum atomic E-state index is 12.2. The van der Waals surface area contributed by atoms with Crippen molar-refractivity contribution >= 4 is 24.2 Å². The van der Waals surface area contributed by atoms with E-state index in [0.29, 0.717) is 6.42 Å². The normalized spacial score (nSPS) is 24.7. The Morgan fingerprint density at radius 3 is 2.84 bits per heavy atom. The molecule has 0 spiro atoms. The first-order valence-electron chi connectivity index (χ1n) is 6.96. The molecule has 2 aliphatic rings. The van der Waals surface area contributed by atoms with Crippen molar-refractivity contribution in [2.45, 2.75) is 38.6 Å². The molecule has 2 heterocycles. The van der Waals surface area contributed by atoms with Gasteiger partial charge in [0.25, 0.3) is 0 Å². The van der Waals surface area contributed by atoms with Crippen molar-refractivity contribution in [2.24, 2.45) is 0 Å². The highest BCUT2D eigenvalue weighted by molar-refractivity contribution is 5.85. The summed E-state index contributed by atoms with van der Waals surface area (Å²) in [5.41, 5.74) is 0. The Hall–Kier alpha value is -0.810. The minimum atomic E-state index is 0. The highest BCUT2D eigenvalue weighted by Gasteiger charge is 2.26. The van der Waals surface area contributed by atoms with Crippen LogP contribution in [0.15, 0.2) is 0 Å². The van der Waals surface area contributed by atoms with Crippen LogP contribution in [0.4, 0.5) is 0 Å². The van der Waals surface area contributed by atoms with Gasteiger partial charge in [0.15, 0.2) is 0 Å². The van der Waals surface area contributed by atoms with E-state index in [1.54, 1.807) is 4.90 Å². The summed E-state index contributed by atoms with van der Waals surface area (Å²) >= 11 is 0. The first kappa shape index (κ1) is 16.2. The summed E-state index contributed by atoms with van der Waals surface area (Å²) in [6.45, 7) is 5.51. The third-order valence-corrected chi connectivity index (χ3v) is 3.82. The van der Waals surface area contributed by atoms with Gasteiger partial charge in [-0.1, -0.05) is 6.42 Å². The molecule has 0 radical (unpaired) electrons. The van der Waals surface area contributed by atoms with Crippen LogP contribution in [0.1, 0.15) is 32.6 Å². The van der Waals surface area contributed by atoms with Crippen LogP contribution in [0, 0.1) is 0 Å². The average Bonchev–Trinajstić information content (AvgIpc) is 2.55. The van der Waals surface area contributed by atoms with Gasteiger partial charge in [-0.3, -0.25) is 9.59 Å². The lowest BCUT2D eigenvalue weighted by atomic mass is 10.2. The maximum absolute atomic E-state index is 12.2. The molecule has 0 saturated carbocycles. The molecule has 110 valence electrons. The lowest BCUT2D eigenvalue weighted by molar-refractivity contribution is -0.141. The summed E-state index contributed by atoms with van der Waals surface area (Å²) in [5, 5.41) is 3.27. The smallest absolute Gasteiger partial charge is 0.242 e. The molecule has 0 unspecified atom stereocenters. The second-order valence-corrected chi connectivity index (χ2v) is 5.27. The molecule has 2 saturated heterocycles. The van der Waals surface area contributed by atoms with Gasteiger partial charge in [-0.15, -0.1) is 12.4 Å². The average molecular weight is 290 g/mol. The fourth-order valence-corrected chi connectivity index (χ4v) is 2.67. The van der Waals surface area contributed by atoms with E-state index < -0.39 is 0 Å². The second kappa shape index (κ2) is 7.70. The minimum absolute atomic E-state index is 0. The van der Waals surface area contributed by atoms with Gasteiger partial charge in [-0.25, -0.2) is 0 Å². The molecular formula is C13H24ClN3O2. The van der Waals surface area contributed by atoms with Gasteiger partial charge < -0.3 is 15.1 Å². The Labute approximate surface area is 121 Å². The molecule has 2 rings (SSSR count). The molecule has 0 aromatic rings. The molecule has 5 nitrogen and oxygen atoms in total. The van der Waals surface area contributed by atoms with Gasteiger partial charge in [-0.05, 0) is 19.8 Å². The van der Waals surface area contributed by atoms with E-state index >= 15 is 0 Å². The van der Waals surface area contributed by atoms with Crippen LogP contribution in [-0.4, -0.2) is 60.4 Å². The van der Waals surface area contributed by atoms with Crippen LogP contribution in [-0.2, 0) is 9.59 Å². The SMILES string of the molecule is C[C@@H]1CNCCN1C(=O)CN1CCCCCC1=O.Cl. The monoisotopic (exact) mass is 289 g/mol. The van der Waals surface area contributed by atoms with Crippen LogP contribution in [0.2, 0.25) is 0 Å². The molecule has 2 fully saturated rings. The predicted octanol–water partition coefficient (Wildman–Crippen LogP) is 0.631. The number of piperazine rings is 1. The van der Waals surface area contributed by atoms with Crippen molar-refractivity contribution < 1.29 is 9.59 Å². The van der Waals surface area contributed by atoms with E-state index in [4.69, 9.17) is 0 Å². The molecule has 0 aromatic heterocycles. The number of nitrogens with one attached hydrogen (secondary N) is 1. The number of amides is 2. The Kier molecular flexibility index (Phi) is 6.58. The van der Waals surface area contributed by atoms with Gasteiger partial charge in [0.05, 0.1) is 6.54 Å². The van der Waals surface area contributed by atoms with E-state index in [-0.39, 0.29) is 36.8 Å². The number of carbonyl (C=O) groups excluding carboxylic acids is 2. The van der Waals surface area contributed by atoms with Crippen molar-refractivity contribution in [3.63, 3.8) is 0 Å². The number of halogens is 1. The Morgan fingerprint density at radius 1 is 1.32 bits per heavy atom. The summed E-state index contributed by atoms with van der Waals surface area (Å²) in [7, 11) is 0. The van der Waals surface area contributed by atoms with E-state index in [2.05, 4.69) is 5.32 Å². The number of likely N-dealkylation sites (tertiary alicyclic amines) is 1. The zero-order valence-corrected chi connectivity index (χ0v) is 12.4. The van der Waals surface area contributed by atoms with Gasteiger partial charge in [0.2, 0.25) is 11.8 Å². The number of nitrogens with zero attached hydrogens (tertiary/aromatic N) is 2. The molecule has 1 atom stereocenters. The maximum Gasteiger partial charge on any atom is 0.242 e. The van der Waals surface area contributed by atoms with Crippen molar-refractivity contribution in [3.8, 4) is 0 Å². The lowest BCUT2D eigenvalue weighted by Gasteiger charge is -2.35. The standard InChI is InChI=1S/C13H23N3O2.ClH/c1-11-9-14-6-8-16(11)13(18)10-15-7-4-2-3-5-12(15)17;/h11,14H,2-10H2,1H3;1H/t11-;/m1./s1. The fourth-order valence-electron chi connectivity index (χ4n) is 2.67. The molecule has 2 aliphatic heterocycles. The number of hydrogen-bond acceptors (Lipinski definition) is 3. The third-order valence-electron chi connectivity index (χ3n) is 3.82. The molecular weight excluding hydrogens is 266 g/mol. The molecule has 1 N–H and O–H groups in total. The van der Waals surface area contributed by atoms with Crippen LogP contribution < -0.4 is 5.32 Å². The van der Waals surface area contributed by atoms with Gasteiger partial charge >= 0.3 is 0 Å². The van der Waals surface area contributed by atoms with Gasteiger partial charge in [0.1, 0.15) is 0 Å². The highest BCUT2D eigenvalue weighted by atomic mass is 35.5. The number of carbonyl (C=O) groups is 2. The van der Waals surface area contributed by atoms with Crippen molar-refractivity contribution in [2.75, 3.05) is 32.7 Å². The first-order chi connectivity index (χ1) is 8.68. The number of rotatable bonds is 2. The number of hydrogen-bond donors (Lipinski definition) is 1. The van der Waals surface area contributed by atoms with E-state index in [1.165, 1.54) is 0 Å². The zero-order chi connectivity index (χ0) is 13.0. The molecule has 0 bridgehead atoms. The molecule has 0 aliphatic carbocycles. The summed E-state index contributed by atoms with van der Waals surface area (Å²) in [6.07, 6.45) is 3.69. The first-order valence-corrected chi connectivity index (χ1v) is 6.96. The van der Waals surface area contributed by atoms with Crippen molar-refractivity contribution in [1.29, 1.82) is 0 Å². The Bertz CT molecular complexity index is 325. The van der Waals surface area contributed by atoms with Crippen LogP contribution in [0.25, 0.3) is 0 Å². The van der Waals surface area contributed by atoms with Gasteiger partial charge in [0, 0.05) is 38.6 Å². The minimum Gasteiger partial charge on any atom is -0.336 e. The molecule has 2 amide bonds. The molecule has 6 heteroatoms. The topological polar surface area (TPSA) is 52.7 Å². The summed E-state index contributed by atoms with van der Waals surface area (Å²) in [4.78, 5) is 27.7. The van der Waals surface area contributed by atoms with E-state index in [9.17, 15) is 9.59 Å². The Balaban J connectivity index is 0.00000180.